The number of ketones is 1. The van der Waals surface area contributed by atoms with Crippen LogP contribution in [-0.4, -0.2) is 53.1 Å². The number of hydrogen-bond acceptors (Lipinski definition) is 5. The Bertz CT molecular complexity index is 388. The van der Waals surface area contributed by atoms with Gasteiger partial charge < -0.3 is 19.7 Å². The van der Waals surface area contributed by atoms with Crippen molar-refractivity contribution < 1.29 is 24.5 Å². The van der Waals surface area contributed by atoms with Gasteiger partial charge in [0.25, 0.3) is 0 Å². The predicted octanol–water partition coefficient (Wildman–Crippen LogP) is -0.446. The zero-order chi connectivity index (χ0) is 12.2. The lowest BCUT2D eigenvalue weighted by Gasteiger charge is -2.35. The summed E-state index contributed by atoms with van der Waals surface area (Å²) in [4.78, 5) is 11.9. The number of hydrogen-bond donors (Lipinski definition) is 2. The van der Waals surface area contributed by atoms with Crippen LogP contribution in [0.4, 0.5) is 0 Å². The highest BCUT2D eigenvalue weighted by Gasteiger charge is 2.58. The zero-order valence-electron chi connectivity index (χ0n) is 9.63. The van der Waals surface area contributed by atoms with Crippen molar-refractivity contribution >= 4 is 5.78 Å². The zero-order valence-corrected chi connectivity index (χ0v) is 9.63. The van der Waals surface area contributed by atoms with Crippen molar-refractivity contribution in [2.75, 3.05) is 6.61 Å². The van der Waals surface area contributed by atoms with Gasteiger partial charge in [0.2, 0.25) is 0 Å². The van der Waals surface area contributed by atoms with E-state index < -0.39 is 24.4 Å². The summed E-state index contributed by atoms with van der Waals surface area (Å²) in [6, 6.07) is 0. The van der Waals surface area contributed by atoms with Crippen LogP contribution < -0.4 is 0 Å². The fraction of sp³-hybridized carbons (Fsp3) is 0.750. The molecule has 2 N–H and O–H groups in total. The molecule has 1 saturated heterocycles. The van der Waals surface area contributed by atoms with E-state index >= 15 is 0 Å². The van der Waals surface area contributed by atoms with Gasteiger partial charge in [0.05, 0.1) is 12.7 Å². The van der Waals surface area contributed by atoms with Gasteiger partial charge in [0.15, 0.2) is 5.78 Å². The Morgan fingerprint density at radius 2 is 2.12 bits per heavy atom. The maximum Gasteiger partial charge on any atom is 0.192 e. The van der Waals surface area contributed by atoms with Gasteiger partial charge in [-0.1, -0.05) is 13.3 Å². The summed E-state index contributed by atoms with van der Waals surface area (Å²) in [7, 11) is 0. The lowest BCUT2D eigenvalue weighted by atomic mass is 9.82. The minimum atomic E-state index is -0.886. The molecule has 5 nitrogen and oxygen atoms in total. The first-order valence-corrected chi connectivity index (χ1v) is 6.05. The van der Waals surface area contributed by atoms with Crippen LogP contribution in [0.15, 0.2) is 11.1 Å². The summed E-state index contributed by atoms with van der Waals surface area (Å²) >= 11 is 0. The van der Waals surface area contributed by atoms with Crippen LogP contribution in [0.25, 0.3) is 0 Å². The Morgan fingerprint density at radius 1 is 1.35 bits per heavy atom. The molecule has 0 bridgehead atoms. The molecule has 0 aromatic rings. The van der Waals surface area contributed by atoms with Gasteiger partial charge >= 0.3 is 0 Å². The molecular formula is C12H16O5. The van der Waals surface area contributed by atoms with E-state index in [1.165, 1.54) is 0 Å². The van der Waals surface area contributed by atoms with E-state index in [0.29, 0.717) is 17.6 Å². The molecule has 0 radical (unpaired) electrons. The lowest BCUT2D eigenvalue weighted by molar-refractivity contribution is -0.120. The molecule has 0 spiro atoms. The van der Waals surface area contributed by atoms with Gasteiger partial charge in [-0.2, -0.15) is 0 Å². The molecule has 0 saturated carbocycles. The molecule has 5 unspecified atom stereocenters. The Hall–Kier alpha value is -0.750. The first-order chi connectivity index (χ1) is 8.15. The van der Waals surface area contributed by atoms with Crippen LogP contribution in [0.2, 0.25) is 0 Å². The largest absolute Gasteiger partial charge is 0.386 e. The average Bonchev–Trinajstić information content (AvgIpc) is 3.09. The summed E-state index contributed by atoms with van der Waals surface area (Å²) < 4.78 is 10.6. The second-order valence-corrected chi connectivity index (χ2v) is 4.85. The second-order valence-electron chi connectivity index (χ2n) is 4.85. The summed E-state index contributed by atoms with van der Waals surface area (Å²) in [5.41, 5.74) is 0.842. The van der Waals surface area contributed by atoms with Crippen LogP contribution in [-0.2, 0) is 14.3 Å². The van der Waals surface area contributed by atoms with Crippen molar-refractivity contribution in [1.82, 2.24) is 0 Å². The quantitative estimate of drug-likeness (QED) is 0.639. The Labute approximate surface area is 99.0 Å². The standard InChI is InChI=1S/C12H16O5/c1-2-3-6-9(14)7-5(4-16-6)8(13)11-12(17-11)10(7)15/h6,9-12,14-15H,2-4H2,1H3. The molecular weight excluding hydrogens is 224 g/mol. The van der Waals surface area contributed by atoms with E-state index in [1.54, 1.807) is 0 Å². The number of carbonyl (C=O) groups excluding carboxylic acids is 1. The van der Waals surface area contributed by atoms with Crippen molar-refractivity contribution in [2.24, 2.45) is 0 Å². The monoisotopic (exact) mass is 240 g/mol. The third kappa shape index (κ3) is 1.57. The summed E-state index contributed by atoms with van der Waals surface area (Å²) in [6.07, 6.45) is -1.42. The maximum atomic E-state index is 11.9. The number of Topliss-reactive ketones (excluding diaryl/α,β-unsaturated/α-hetero) is 1. The van der Waals surface area contributed by atoms with Crippen LogP contribution in [0, 0.1) is 0 Å². The van der Waals surface area contributed by atoms with Gasteiger partial charge in [-0.3, -0.25) is 4.79 Å². The van der Waals surface area contributed by atoms with Crippen LogP contribution in [0.3, 0.4) is 0 Å². The number of aliphatic hydroxyl groups excluding tert-OH is 2. The molecule has 17 heavy (non-hydrogen) atoms. The van der Waals surface area contributed by atoms with E-state index in [9.17, 15) is 15.0 Å². The topological polar surface area (TPSA) is 79.3 Å². The molecule has 1 aliphatic carbocycles. The third-order valence-corrected chi connectivity index (χ3v) is 3.75. The Morgan fingerprint density at radius 3 is 2.82 bits per heavy atom. The maximum absolute atomic E-state index is 11.9. The number of rotatable bonds is 2. The molecule has 2 heterocycles. The van der Waals surface area contributed by atoms with E-state index in [2.05, 4.69) is 0 Å². The first kappa shape index (κ1) is 11.3. The lowest BCUT2D eigenvalue weighted by Crippen LogP contribution is -2.46. The Balaban J connectivity index is 1.92. The van der Waals surface area contributed by atoms with Crippen molar-refractivity contribution in [2.45, 2.75) is 50.3 Å². The van der Waals surface area contributed by atoms with Crippen LogP contribution in [0.1, 0.15) is 19.8 Å². The molecule has 0 aromatic heterocycles. The third-order valence-electron chi connectivity index (χ3n) is 3.75. The highest BCUT2D eigenvalue weighted by atomic mass is 16.6. The SMILES string of the molecule is CCCC1OCC2=C(C1O)C(O)C1OC1C2=O. The van der Waals surface area contributed by atoms with E-state index in [1.807, 2.05) is 6.92 Å². The van der Waals surface area contributed by atoms with Crippen molar-refractivity contribution in [3.05, 3.63) is 11.1 Å². The van der Waals surface area contributed by atoms with Crippen LogP contribution >= 0.6 is 0 Å². The van der Waals surface area contributed by atoms with Gasteiger partial charge in [0, 0.05) is 11.1 Å². The number of aliphatic hydroxyl groups is 2. The number of carbonyl (C=O) groups is 1. The Kier molecular flexibility index (Phi) is 2.59. The molecule has 94 valence electrons. The van der Waals surface area contributed by atoms with Crippen molar-refractivity contribution in [3.8, 4) is 0 Å². The first-order valence-electron chi connectivity index (χ1n) is 6.05. The summed E-state index contributed by atoms with van der Waals surface area (Å²) in [5, 5.41) is 20.2. The van der Waals surface area contributed by atoms with Crippen molar-refractivity contribution in [1.29, 1.82) is 0 Å². The van der Waals surface area contributed by atoms with Gasteiger partial charge in [0.1, 0.15) is 24.4 Å². The number of ether oxygens (including phenoxy) is 2. The molecule has 5 heteroatoms. The fourth-order valence-electron chi connectivity index (χ4n) is 2.76. The summed E-state index contributed by atoms with van der Waals surface area (Å²) in [5.74, 6) is -0.135. The highest BCUT2D eigenvalue weighted by Crippen LogP contribution is 2.41. The normalized spacial score (nSPS) is 44.4. The fourth-order valence-corrected chi connectivity index (χ4v) is 2.76. The molecule has 0 aromatic carbocycles. The smallest absolute Gasteiger partial charge is 0.192 e. The molecule has 2 aliphatic heterocycles. The van der Waals surface area contributed by atoms with Gasteiger partial charge in [-0.15, -0.1) is 0 Å². The molecule has 3 aliphatic rings. The second kappa shape index (κ2) is 3.88. The van der Waals surface area contributed by atoms with E-state index in [4.69, 9.17) is 9.47 Å². The van der Waals surface area contributed by atoms with E-state index in [-0.39, 0.29) is 18.5 Å². The minimum Gasteiger partial charge on any atom is -0.386 e. The minimum absolute atomic E-state index is 0.135. The van der Waals surface area contributed by atoms with Gasteiger partial charge in [-0.25, -0.2) is 0 Å². The highest BCUT2D eigenvalue weighted by molar-refractivity contribution is 6.03. The predicted molar refractivity (Wildman–Crippen MR) is 57.4 cm³/mol. The molecule has 0 amide bonds. The van der Waals surface area contributed by atoms with E-state index in [0.717, 1.165) is 6.42 Å². The van der Waals surface area contributed by atoms with Gasteiger partial charge in [-0.05, 0) is 6.42 Å². The number of epoxide rings is 1. The number of fused-ring (bicyclic) bond motifs is 1. The van der Waals surface area contributed by atoms with Crippen LogP contribution in [0.5, 0.6) is 0 Å². The molecule has 1 fully saturated rings. The summed E-state index contributed by atoms with van der Waals surface area (Å²) in [6.45, 7) is 2.18. The molecule has 5 atom stereocenters. The average molecular weight is 240 g/mol. The van der Waals surface area contributed by atoms with Crippen molar-refractivity contribution in [3.63, 3.8) is 0 Å². The molecule has 3 rings (SSSR count).